The Bertz CT molecular complexity index is 641. The van der Waals surface area contributed by atoms with E-state index in [2.05, 4.69) is 10.3 Å². The highest BCUT2D eigenvalue weighted by atomic mass is 16.2. The molecular weight excluding hydrogens is 240 g/mol. The van der Waals surface area contributed by atoms with Crippen LogP contribution in [-0.4, -0.2) is 16.7 Å². The van der Waals surface area contributed by atoms with Crippen molar-refractivity contribution in [1.82, 2.24) is 4.98 Å². The molecule has 1 aromatic carbocycles. The van der Waals surface area contributed by atoms with Gasteiger partial charge in [-0.25, -0.2) is 0 Å². The smallest absolute Gasteiger partial charge is 0.272 e. The minimum absolute atomic E-state index is 0.0681. The summed E-state index contributed by atoms with van der Waals surface area (Å²) in [6.45, 7) is 5.48. The lowest BCUT2D eigenvalue weighted by Gasteiger charge is -2.06. The molecule has 0 radical (unpaired) electrons. The number of hydrogen-bond acceptors (Lipinski definition) is 2. The second-order valence-electron chi connectivity index (χ2n) is 4.61. The fraction of sp³-hybridized carbons (Fsp3) is 0.200. The molecule has 4 nitrogen and oxygen atoms in total. The van der Waals surface area contributed by atoms with Crippen LogP contribution in [0.3, 0.4) is 0 Å². The Balaban J connectivity index is 2.15. The highest BCUT2D eigenvalue weighted by Crippen LogP contribution is 2.15. The minimum Gasteiger partial charge on any atom is -0.356 e. The standard InChI is InChI=1S/C15H16N2O2/c1-9-4-5-13(6-10(9)2)17-15(19)14-7-12(8-16-14)11(3)18/h4-8,16H,1-3H3,(H,17,19). The molecule has 2 N–H and O–H groups in total. The van der Waals surface area contributed by atoms with E-state index in [0.29, 0.717) is 11.3 Å². The van der Waals surface area contributed by atoms with E-state index in [1.807, 2.05) is 32.0 Å². The molecule has 0 saturated carbocycles. The molecule has 2 aromatic rings. The van der Waals surface area contributed by atoms with Crippen molar-refractivity contribution in [2.45, 2.75) is 20.8 Å². The molecule has 0 aliphatic carbocycles. The Labute approximate surface area is 111 Å². The molecule has 1 aromatic heterocycles. The van der Waals surface area contributed by atoms with Crippen molar-refractivity contribution < 1.29 is 9.59 Å². The van der Waals surface area contributed by atoms with Crippen LogP contribution in [0.5, 0.6) is 0 Å². The van der Waals surface area contributed by atoms with E-state index in [-0.39, 0.29) is 11.7 Å². The molecule has 19 heavy (non-hydrogen) atoms. The molecule has 0 spiro atoms. The maximum Gasteiger partial charge on any atom is 0.272 e. The average Bonchev–Trinajstić information content (AvgIpc) is 2.83. The van der Waals surface area contributed by atoms with Gasteiger partial charge < -0.3 is 10.3 Å². The first kappa shape index (κ1) is 13.1. The van der Waals surface area contributed by atoms with Gasteiger partial charge >= 0.3 is 0 Å². The summed E-state index contributed by atoms with van der Waals surface area (Å²) in [6.07, 6.45) is 1.54. The number of Topliss-reactive ketones (excluding diaryl/α,β-unsaturated/α-hetero) is 1. The van der Waals surface area contributed by atoms with Crippen molar-refractivity contribution in [2.24, 2.45) is 0 Å². The van der Waals surface area contributed by atoms with Crippen LogP contribution in [0, 0.1) is 13.8 Å². The fourth-order valence-corrected chi connectivity index (χ4v) is 1.75. The van der Waals surface area contributed by atoms with Gasteiger partial charge in [-0.1, -0.05) is 6.07 Å². The summed E-state index contributed by atoms with van der Waals surface area (Å²) >= 11 is 0. The molecule has 0 aliphatic rings. The lowest BCUT2D eigenvalue weighted by molar-refractivity contribution is 0.101. The second kappa shape index (κ2) is 5.10. The SMILES string of the molecule is CC(=O)c1c[nH]c(C(=O)Nc2ccc(C)c(C)c2)c1. The van der Waals surface area contributed by atoms with Crippen LogP contribution < -0.4 is 5.32 Å². The molecule has 0 saturated heterocycles. The van der Waals surface area contributed by atoms with Crippen LogP contribution in [0.2, 0.25) is 0 Å². The maximum absolute atomic E-state index is 12.0. The number of aromatic amines is 1. The maximum atomic E-state index is 12.0. The Morgan fingerprint density at radius 2 is 1.84 bits per heavy atom. The van der Waals surface area contributed by atoms with Crippen LogP contribution in [0.4, 0.5) is 5.69 Å². The van der Waals surface area contributed by atoms with Gasteiger partial charge in [0, 0.05) is 17.4 Å². The van der Waals surface area contributed by atoms with Crippen molar-refractivity contribution >= 4 is 17.4 Å². The van der Waals surface area contributed by atoms with Gasteiger partial charge in [0.25, 0.3) is 5.91 Å². The summed E-state index contributed by atoms with van der Waals surface area (Å²) in [5.74, 6) is -0.322. The molecule has 98 valence electrons. The van der Waals surface area contributed by atoms with Crippen molar-refractivity contribution in [3.8, 4) is 0 Å². The van der Waals surface area contributed by atoms with Crippen LogP contribution in [0.1, 0.15) is 38.9 Å². The predicted octanol–water partition coefficient (Wildman–Crippen LogP) is 3.09. The molecule has 0 atom stereocenters. The normalized spacial score (nSPS) is 10.3. The van der Waals surface area contributed by atoms with E-state index in [1.165, 1.54) is 18.7 Å². The number of nitrogens with one attached hydrogen (secondary N) is 2. The van der Waals surface area contributed by atoms with Gasteiger partial charge in [-0.15, -0.1) is 0 Å². The van der Waals surface area contributed by atoms with E-state index in [1.54, 1.807) is 6.07 Å². The van der Waals surface area contributed by atoms with E-state index >= 15 is 0 Å². The van der Waals surface area contributed by atoms with Crippen LogP contribution in [-0.2, 0) is 0 Å². The molecular formula is C15H16N2O2. The average molecular weight is 256 g/mol. The van der Waals surface area contributed by atoms with Crippen molar-refractivity contribution in [2.75, 3.05) is 5.32 Å². The van der Waals surface area contributed by atoms with Crippen LogP contribution in [0.25, 0.3) is 0 Å². The molecule has 0 fully saturated rings. The Hall–Kier alpha value is -2.36. The zero-order valence-corrected chi connectivity index (χ0v) is 11.2. The zero-order chi connectivity index (χ0) is 14.0. The molecule has 1 amide bonds. The monoisotopic (exact) mass is 256 g/mol. The lowest BCUT2D eigenvalue weighted by atomic mass is 10.1. The third-order valence-electron chi connectivity index (χ3n) is 3.10. The summed E-state index contributed by atoms with van der Waals surface area (Å²) in [7, 11) is 0. The molecule has 2 rings (SSSR count). The van der Waals surface area contributed by atoms with Crippen molar-refractivity contribution in [3.63, 3.8) is 0 Å². The van der Waals surface area contributed by atoms with E-state index < -0.39 is 0 Å². The third-order valence-corrected chi connectivity index (χ3v) is 3.10. The molecule has 0 aliphatic heterocycles. The summed E-state index contributed by atoms with van der Waals surface area (Å²) in [6, 6.07) is 7.29. The number of carbonyl (C=O) groups excluding carboxylic acids is 2. The van der Waals surface area contributed by atoms with Gasteiger partial charge in [0.15, 0.2) is 5.78 Å². The topological polar surface area (TPSA) is 62.0 Å². The minimum atomic E-state index is -0.254. The first-order valence-corrected chi connectivity index (χ1v) is 6.05. The zero-order valence-electron chi connectivity index (χ0n) is 11.2. The van der Waals surface area contributed by atoms with Gasteiger partial charge in [0.1, 0.15) is 5.69 Å². The highest BCUT2D eigenvalue weighted by molar-refractivity contribution is 6.05. The summed E-state index contributed by atoms with van der Waals surface area (Å²) < 4.78 is 0. The van der Waals surface area contributed by atoms with Crippen LogP contribution >= 0.6 is 0 Å². The Kier molecular flexibility index (Phi) is 3.51. The molecule has 0 unspecified atom stereocenters. The van der Waals surface area contributed by atoms with E-state index in [4.69, 9.17) is 0 Å². The summed E-state index contributed by atoms with van der Waals surface area (Å²) in [5.41, 5.74) is 3.92. The summed E-state index contributed by atoms with van der Waals surface area (Å²) in [4.78, 5) is 26.0. The largest absolute Gasteiger partial charge is 0.356 e. The predicted molar refractivity (Wildman–Crippen MR) is 74.7 cm³/mol. The number of amides is 1. The third kappa shape index (κ3) is 2.91. The number of benzene rings is 1. The van der Waals surface area contributed by atoms with Gasteiger partial charge in [-0.2, -0.15) is 0 Å². The fourth-order valence-electron chi connectivity index (χ4n) is 1.75. The number of ketones is 1. The van der Waals surface area contributed by atoms with Gasteiger partial charge in [-0.05, 0) is 50.1 Å². The number of carbonyl (C=O) groups is 2. The molecule has 4 heteroatoms. The van der Waals surface area contributed by atoms with Gasteiger partial charge in [0.2, 0.25) is 0 Å². The Morgan fingerprint density at radius 1 is 1.11 bits per heavy atom. The number of anilines is 1. The van der Waals surface area contributed by atoms with Crippen LogP contribution in [0.15, 0.2) is 30.5 Å². The lowest BCUT2D eigenvalue weighted by Crippen LogP contribution is -2.12. The number of rotatable bonds is 3. The summed E-state index contributed by atoms with van der Waals surface area (Å²) in [5, 5.41) is 2.80. The van der Waals surface area contributed by atoms with Gasteiger partial charge in [-0.3, -0.25) is 9.59 Å². The number of hydrogen-bond donors (Lipinski definition) is 2. The first-order chi connectivity index (χ1) is 8.97. The van der Waals surface area contributed by atoms with E-state index in [0.717, 1.165) is 11.3 Å². The quantitative estimate of drug-likeness (QED) is 0.829. The number of aromatic nitrogens is 1. The van der Waals surface area contributed by atoms with Gasteiger partial charge in [0.05, 0.1) is 0 Å². The Morgan fingerprint density at radius 3 is 2.42 bits per heavy atom. The molecule has 0 bridgehead atoms. The molecule has 1 heterocycles. The van der Waals surface area contributed by atoms with E-state index in [9.17, 15) is 9.59 Å². The number of aryl methyl sites for hydroxylation is 2. The van der Waals surface area contributed by atoms with Crippen molar-refractivity contribution in [3.05, 3.63) is 52.8 Å². The van der Waals surface area contributed by atoms with Crippen molar-refractivity contribution in [1.29, 1.82) is 0 Å². The number of H-pyrrole nitrogens is 1. The highest BCUT2D eigenvalue weighted by Gasteiger charge is 2.11. The second-order valence-corrected chi connectivity index (χ2v) is 4.61. The first-order valence-electron chi connectivity index (χ1n) is 6.05.